The van der Waals surface area contributed by atoms with Gasteiger partial charge in [-0.15, -0.1) is 0 Å². The van der Waals surface area contributed by atoms with Crippen LogP contribution in [-0.2, 0) is 11.3 Å². The molecule has 0 N–H and O–H groups in total. The van der Waals surface area contributed by atoms with Gasteiger partial charge in [0.1, 0.15) is 12.4 Å². The zero-order valence-electron chi connectivity index (χ0n) is 13.4. The highest BCUT2D eigenvalue weighted by Crippen LogP contribution is 2.40. The molecule has 2 aromatic heterocycles. The van der Waals surface area contributed by atoms with E-state index in [4.69, 9.17) is 20.9 Å². The summed E-state index contributed by atoms with van der Waals surface area (Å²) in [6, 6.07) is 5.70. The highest BCUT2D eigenvalue weighted by molar-refractivity contribution is 6.31. The first-order chi connectivity index (χ1) is 12.0. The van der Waals surface area contributed by atoms with Crippen molar-refractivity contribution >= 4 is 28.7 Å². The van der Waals surface area contributed by atoms with Crippen molar-refractivity contribution in [1.29, 1.82) is 0 Å². The molecule has 3 aromatic rings. The number of ether oxygens (including phenoxy) is 1. The average Bonchev–Trinajstić information content (AvgIpc) is 3.37. The van der Waals surface area contributed by atoms with Gasteiger partial charge in [-0.2, -0.15) is 0 Å². The van der Waals surface area contributed by atoms with Crippen LogP contribution < -0.4 is 0 Å². The predicted molar refractivity (Wildman–Crippen MR) is 89.0 cm³/mol. The van der Waals surface area contributed by atoms with E-state index in [-0.39, 0.29) is 11.6 Å². The second kappa shape index (κ2) is 6.11. The maximum atomic E-state index is 13.1. The summed E-state index contributed by atoms with van der Waals surface area (Å²) >= 11 is 5.97. The molecule has 0 bridgehead atoms. The van der Waals surface area contributed by atoms with Crippen LogP contribution >= 0.6 is 11.6 Å². The average molecular weight is 361 g/mol. The van der Waals surface area contributed by atoms with E-state index in [1.54, 1.807) is 13.0 Å². The van der Waals surface area contributed by atoms with Gasteiger partial charge in [0.15, 0.2) is 0 Å². The van der Waals surface area contributed by atoms with Gasteiger partial charge in [-0.25, -0.2) is 14.2 Å². The summed E-state index contributed by atoms with van der Waals surface area (Å²) in [4.78, 5) is 17.1. The van der Waals surface area contributed by atoms with Crippen LogP contribution in [0.3, 0.4) is 0 Å². The number of halogens is 2. The number of benzene rings is 1. The number of fused-ring (bicyclic) bond motifs is 1. The van der Waals surface area contributed by atoms with Crippen LogP contribution in [0, 0.1) is 12.7 Å². The maximum Gasteiger partial charge on any atom is 0.339 e. The summed E-state index contributed by atoms with van der Waals surface area (Å²) < 4.78 is 23.7. The van der Waals surface area contributed by atoms with Crippen LogP contribution in [0.4, 0.5) is 4.39 Å². The van der Waals surface area contributed by atoms with Crippen molar-refractivity contribution < 1.29 is 18.4 Å². The first-order valence-electron chi connectivity index (χ1n) is 7.91. The van der Waals surface area contributed by atoms with Crippen molar-refractivity contribution in [3.63, 3.8) is 0 Å². The Balaban J connectivity index is 1.63. The standard InChI is InChI=1S/C18H14ClFN2O3/c1-9-16-13(7-15(10-2-3-10)21-17(16)25-22-9)18(23)24-8-11-4-5-12(20)6-14(11)19/h4-7,10H,2-3,8H2,1H3. The molecule has 0 spiro atoms. The molecule has 0 radical (unpaired) electrons. The van der Waals surface area contributed by atoms with Crippen molar-refractivity contribution in [3.8, 4) is 0 Å². The van der Waals surface area contributed by atoms with E-state index in [2.05, 4.69) is 10.1 Å². The van der Waals surface area contributed by atoms with Crippen LogP contribution in [0.15, 0.2) is 28.8 Å². The van der Waals surface area contributed by atoms with E-state index in [9.17, 15) is 9.18 Å². The lowest BCUT2D eigenvalue weighted by Gasteiger charge is -2.08. The molecule has 0 atom stereocenters. The van der Waals surface area contributed by atoms with E-state index in [1.807, 2.05) is 0 Å². The topological polar surface area (TPSA) is 65.2 Å². The van der Waals surface area contributed by atoms with E-state index in [0.29, 0.717) is 33.8 Å². The lowest BCUT2D eigenvalue weighted by molar-refractivity contribution is 0.0475. The smallest absolute Gasteiger partial charge is 0.339 e. The van der Waals surface area contributed by atoms with Crippen molar-refractivity contribution in [2.45, 2.75) is 32.3 Å². The summed E-state index contributed by atoms with van der Waals surface area (Å²) in [5.74, 6) is -0.598. The lowest BCUT2D eigenvalue weighted by atomic mass is 10.1. The van der Waals surface area contributed by atoms with Gasteiger partial charge in [0, 0.05) is 17.2 Å². The highest BCUT2D eigenvalue weighted by Gasteiger charge is 2.29. The summed E-state index contributed by atoms with van der Waals surface area (Å²) in [6.07, 6.45) is 2.09. The van der Waals surface area contributed by atoms with Gasteiger partial charge < -0.3 is 9.26 Å². The van der Waals surface area contributed by atoms with Gasteiger partial charge in [-0.1, -0.05) is 22.8 Å². The zero-order valence-corrected chi connectivity index (χ0v) is 14.1. The quantitative estimate of drug-likeness (QED) is 0.638. The molecule has 0 aliphatic heterocycles. The van der Waals surface area contributed by atoms with Gasteiger partial charge in [-0.3, -0.25) is 0 Å². The minimum Gasteiger partial charge on any atom is -0.457 e. The van der Waals surface area contributed by atoms with Gasteiger partial charge in [0.2, 0.25) is 0 Å². The Morgan fingerprint density at radius 1 is 1.40 bits per heavy atom. The van der Waals surface area contributed by atoms with E-state index < -0.39 is 11.8 Å². The number of aromatic nitrogens is 2. The Labute approximate surface area is 147 Å². The van der Waals surface area contributed by atoms with Crippen molar-refractivity contribution in [3.05, 3.63) is 57.6 Å². The molecule has 128 valence electrons. The number of hydrogen-bond acceptors (Lipinski definition) is 5. The van der Waals surface area contributed by atoms with Gasteiger partial charge in [-0.05, 0) is 38.0 Å². The fourth-order valence-electron chi connectivity index (χ4n) is 2.72. The molecule has 1 saturated carbocycles. The molecule has 2 heterocycles. The van der Waals surface area contributed by atoms with Crippen LogP contribution in [0.25, 0.3) is 11.1 Å². The SMILES string of the molecule is Cc1noc2nc(C3CC3)cc(C(=O)OCc3ccc(F)cc3Cl)c12. The van der Waals surface area contributed by atoms with Crippen molar-refractivity contribution in [1.82, 2.24) is 10.1 Å². The normalized spacial score (nSPS) is 14.0. The molecule has 1 aliphatic carbocycles. The Kier molecular flexibility index (Phi) is 3.92. The number of carbonyl (C=O) groups is 1. The molecule has 1 aromatic carbocycles. The first-order valence-corrected chi connectivity index (χ1v) is 8.28. The molecule has 0 amide bonds. The number of esters is 1. The molecule has 0 saturated heterocycles. The van der Waals surface area contributed by atoms with Crippen LogP contribution in [0.5, 0.6) is 0 Å². The van der Waals surface area contributed by atoms with Crippen LogP contribution in [0.2, 0.25) is 5.02 Å². The molecule has 1 aliphatic rings. The van der Waals surface area contributed by atoms with Crippen molar-refractivity contribution in [2.75, 3.05) is 0 Å². The molecular formula is C18H14ClFN2O3. The molecule has 5 nitrogen and oxygen atoms in total. The third-order valence-corrected chi connectivity index (χ3v) is 4.58. The van der Waals surface area contributed by atoms with Crippen LogP contribution in [-0.4, -0.2) is 16.1 Å². The summed E-state index contributed by atoms with van der Waals surface area (Å²) in [5.41, 5.74) is 2.65. The number of rotatable bonds is 4. The summed E-state index contributed by atoms with van der Waals surface area (Å²) in [5, 5.41) is 4.66. The lowest BCUT2D eigenvalue weighted by Crippen LogP contribution is -2.08. The molecule has 1 fully saturated rings. The fourth-order valence-corrected chi connectivity index (χ4v) is 2.94. The Morgan fingerprint density at radius 2 is 2.20 bits per heavy atom. The zero-order chi connectivity index (χ0) is 17.6. The number of aryl methyl sites for hydroxylation is 1. The molecule has 4 rings (SSSR count). The first kappa shape index (κ1) is 16.0. The second-order valence-electron chi connectivity index (χ2n) is 6.13. The number of pyridine rings is 1. The number of nitrogens with zero attached hydrogens (tertiary/aromatic N) is 2. The number of carbonyl (C=O) groups excluding carboxylic acids is 1. The molecule has 25 heavy (non-hydrogen) atoms. The van der Waals surface area contributed by atoms with Gasteiger partial charge in [0.05, 0.1) is 21.7 Å². The predicted octanol–water partition coefficient (Wildman–Crippen LogP) is 4.56. The summed E-state index contributed by atoms with van der Waals surface area (Å²) in [7, 11) is 0. The van der Waals surface area contributed by atoms with Gasteiger partial charge in [0.25, 0.3) is 5.71 Å². The van der Waals surface area contributed by atoms with Crippen molar-refractivity contribution in [2.24, 2.45) is 0 Å². The van der Waals surface area contributed by atoms with E-state index in [1.165, 1.54) is 18.2 Å². The summed E-state index contributed by atoms with van der Waals surface area (Å²) in [6.45, 7) is 1.70. The minimum absolute atomic E-state index is 0.0507. The second-order valence-corrected chi connectivity index (χ2v) is 6.54. The highest BCUT2D eigenvalue weighted by atomic mass is 35.5. The Bertz CT molecular complexity index is 982. The largest absolute Gasteiger partial charge is 0.457 e. The van der Waals surface area contributed by atoms with Gasteiger partial charge >= 0.3 is 5.97 Å². The molecule has 7 heteroatoms. The third-order valence-electron chi connectivity index (χ3n) is 4.23. The number of hydrogen-bond donors (Lipinski definition) is 0. The monoisotopic (exact) mass is 360 g/mol. The molecular weight excluding hydrogens is 347 g/mol. The van der Waals surface area contributed by atoms with E-state index >= 15 is 0 Å². The maximum absolute atomic E-state index is 13.1. The third kappa shape index (κ3) is 3.09. The Hall–Kier alpha value is -2.47. The molecule has 0 unspecified atom stereocenters. The fraction of sp³-hybridized carbons (Fsp3) is 0.278. The van der Waals surface area contributed by atoms with E-state index in [0.717, 1.165) is 18.5 Å². The Morgan fingerprint density at radius 3 is 2.92 bits per heavy atom. The van der Waals surface area contributed by atoms with Crippen LogP contribution in [0.1, 0.15) is 46.1 Å². The minimum atomic E-state index is -0.513.